The third-order valence-electron chi connectivity index (χ3n) is 3.15. The van der Waals surface area contributed by atoms with Crippen molar-refractivity contribution in [1.29, 1.82) is 0 Å². The van der Waals surface area contributed by atoms with E-state index in [1.165, 1.54) is 19.3 Å². The number of hydrogen-bond donors (Lipinski definition) is 0. The summed E-state index contributed by atoms with van der Waals surface area (Å²) in [5, 5.41) is 0. The molecule has 16 heavy (non-hydrogen) atoms. The second-order valence-electron chi connectivity index (χ2n) is 4.49. The molecule has 0 heterocycles. The van der Waals surface area contributed by atoms with Crippen LogP contribution in [0, 0.1) is 11.8 Å². The molecular weight excluding hydrogens is 196 g/mol. The van der Waals surface area contributed by atoms with Gasteiger partial charge in [-0.25, -0.2) is 0 Å². The number of para-hydroxylation sites is 1. The van der Waals surface area contributed by atoms with Gasteiger partial charge in [0, 0.05) is 0 Å². The molecule has 2 rings (SSSR count). The Labute approximate surface area is 98.1 Å². The fraction of sp³-hybridized carbons (Fsp3) is 0.467. The number of hydrogen-bond acceptors (Lipinski definition) is 1. The molecule has 1 saturated carbocycles. The topological polar surface area (TPSA) is 9.23 Å². The minimum atomic E-state index is 0.850. The van der Waals surface area contributed by atoms with E-state index in [9.17, 15) is 0 Å². The third kappa shape index (κ3) is 3.41. The normalized spacial score (nSPS) is 23.6. The van der Waals surface area contributed by atoms with Crippen LogP contribution < -0.4 is 4.74 Å². The van der Waals surface area contributed by atoms with Crippen LogP contribution in [0.15, 0.2) is 42.5 Å². The van der Waals surface area contributed by atoms with Crippen molar-refractivity contribution >= 4 is 0 Å². The summed E-state index contributed by atoms with van der Waals surface area (Å²) in [6.45, 7) is 2.96. The summed E-state index contributed by atoms with van der Waals surface area (Å²) in [6.07, 6.45) is 8.37. The second kappa shape index (κ2) is 5.74. The average molecular weight is 216 g/mol. The quantitative estimate of drug-likeness (QED) is 0.514. The molecule has 1 nitrogen and oxygen atoms in total. The van der Waals surface area contributed by atoms with Crippen LogP contribution in [0.3, 0.4) is 0 Å². The lowest BCUT2D eigenvalue weighted by atomic mass is 10.2. The SMILES string of the molecule is C/C=C/C1C[C@@H]1CCCOc1ccccc1. The van der Waals surface area contributed by atoms with Crippen molar-refractivity contribution < 1.29 is 4.74 Å². The highest BCUT2D eigenvalue weighted by atomic mass is 16.5. The van der Waals surface area contributed by atoms with E-state index in [4.69, 9.17) is 4.74 Å². The van der Waals surface area contributed by atoms with E-state index in [0.717, 1.165) is 24.2 Å². The molecule has 0 spiro atoms. The van der Waals surface area contributed by atoms with Gasteiger partial charge in [0.15, 0.2) is 0 Å². The molecule has 1 aliphatic rings. The van der Waals surface area contributed by atoms with E-state index in [2.05, 4.69) is 19.1 Å². The molecule has 86 valence electrons. The Morgan fingerprint density at radius 1 is 1.31 bits per heavy atom. The van der Waals surface area contributed by atoms with Crippen molar-refractivity contribution in [3.63, 3.8) is 0 Å². The summed E-state index contributed by atoms with van der Waals surface area (Å²) in [5.74, 6) is 2.78. The zero-order chi connectivity index (χ0) is 11.2. The van der Waals surface area contributed by atoms with Crippen molar-refractivity contribution in [1.82, 2.24) is 0 Å². The van der Waals surface area contributed by atoms with Crippen molar-refractivity contribution in [2.75, 3.05) is 6.61 Å². The lowest BCUT2D eigenvalue weighted by molar-refractivity contribution is 0.302. The number of rotatable bonds is 6. The van der Waals surface area contributed by atoms with Gasteiger partial charge in [-0.3, -0.25) is 0 Å². The van der Waals surface area contributed by atoms with Gasteiger partial charge >= 0.3 is 0 Å². The molecule has 0 aliphatic heterocycles. The summed E-state index contributed by atoms with van der Waals surface area (Å²) in [5.41, 5.74) is 0. The van der Waals surface area contributed by atoms with Crippen LogP contribution in [0.4, 0.5) is 0 Å². The molecule has 0 bridgehead atoms. The van der Waals surface area contributed by atoms with Gasteiger partial charge in [0.2, 0.25) is 0 Å². The highest BCUT2D eigenvalue weighted by Gasteiger charge is 2.33. The Morgan fingerprint density at radius 2 is 2.12 bits per heavy atom. The Bertz CT molecular complexity index is 329. The van der Waals surface area contributed by atoms with Crippen LogP contribution in [0.2, 0.25) is 0 Å². The van der Waals surface area contributed by atoms with Crippen LogP contribution in [0.1, 0.15) is 26.2 Å². The smallest absolute Gasteiger partial charge is 0.119 e. The van der Waals surface area contributed by atoms with Gasteiger partial charge in [0.1, 0.15) is 5.75 Å². The molecule has 1 aromatic carbocycles. The Morgan fingerprint density at radius 3 is 2.88 bits per heavy atom. The highest BCUT2D eigenvalue weighted by Crippen LogP contribution is 2.42. The molecule has 1 aromatic rings. The van der Waals surface area contributed by atoms with Crippen molar-refractivity contribution in [3.8, 4) is 5.75 Å². The van der Waals surface area contributed by atoms with Gasteiger partial charge in [0.25, 0.3) is 0 Å². The summed E-state index contributed by atoms with van der Waals surface area (Å²) < 4.78 is 5.66. The zero-order valence-electron chi connectivity index (χ0n) is 9.93. The van der Waals surface area contributed by atoms with E-state index in [1.54, 1.807) is 0 Å². The summed E-state index contributed by atoms with van der Waals surface area (Å²) in [4.78, 5) is 0. The van der Waals surface area contributed by atoms with Gasteiger partial charge in [0.05, 0.1) is 6.61 Å². The van der Waals surface area contributed by atoms with Crippen molar-refractivity contribution in [2.45, 2.75) is 26.2 Å². The molecule has 1 heteroatoms. The van der Waals surface area contributed by atoms with Crippen molar-refractivity contribution in [2.24, 2.45) is 11.8 Å². The highest BCUT2D eigenvalue weighted by molar-refractivity contribution is 5.20. The van der Waals surface area contributed by atoms with E-state index in [1.807, 2.05) is 30.3 Å². The van der Waals surface area contributed by atoms with Crippen LogP contribution in [-0.2, 0) is 0 Å². The first-order valence-corrected chi connectivity index (χ1v) is 6.21. The molecule has 2 atom stereocenters. The van der Waals surface area contributed by atoms with Crippen LogP contribution in [-0.4, -0.2) is 6.61 Å². The molecule has 0 amide bonds. The predicted molar refractivity (Wildman–Crippen MR) is 67.6 cm³/mol. The van der Waals surface area contributed by atoms with E-state index in [0.29, 0.717) is 0 Å². The van der Waals surface area contributed by atoms with Crippen LogP contribution in [0.5, 0.6) is 5.75 Å². The fourth-order valence-corrected chi connectivity index (χ4v) is 2.14. The van der Waals surface area contributed by atoms with E-state index >= 15 is 0 Å². The van der Waals surface area contributed by atoms with E-state index < -0.39 is 0 Å². The predicted octanol–water partition coefficient (Wildman–Crippen LogP) is 4.06. The van der Waals surface area contributed by atoms with E-state index in [-0.39, 0.29) is 0 Å². The maximum absolute atomic E-state index is 5.66. The standard InChI is InChI=1S/C15H20O/c1-2-7-13-12-14(13)8-6-11-16-15-9-4-3-5-10-15/h2-5,7,9-10,13-14H,6,8,11-12H2,1H3/b7-2+/t13?,14-/m0/s1. The lowest BCUT2D eigenvalue weighted by Crippen LogP contribution is -1.97. The largest absolute Gasteiger partial charge is 0.494 e. The van der Waals surface area contributed by atoms with Crippen LogP contribution in [0.25, 0.3) is 0 Å². The molecule has 0 saturated heterocycles. The molecule has 0 aromatic heterocycles. The van der Waals surface area contributed by atoms with Crippen LogP contribution >= 0.6 is 0 Å². The monoisotopic (exact) mass is 216 g/mol. The van der Waals surface area contributed by atoms with Gasteiger partial charge in [-0.05, 0) is 50.2 Å². The molecule has 0 N–H and O–H groups in total. The first-order valence-electron chi connectivity index (χ1n) is 6.21. The zero-order valence-corrected chi connectivity index (χ0v) is 9.93. The minimum Gasteiger partial charge on any atom is -0.494 e. The molecule has 1 unspecified atom stereocenters. The lowest BCUT2D eigenvalue weighted by Gasteiger charge is -2.04. The maximum atomic E-state index is 5.66. The fourth-order valence-electron chi connectivity index (χ4n) is 2.14. The molecule has 1 fully saturated rings. The molecule has 0 radical (unpaired) electrons. The second-order valence-corrected chi connectivity index (χ2v) is 4.49. The van der Waals surface area contributed by atoms with Gasteiger partial charge in [-0.2, -0.15) is 0 Å². The average Bonchev–Trinajstić information content (AvgIpc) is 3.05. The number of benzene rings is 1. The minimum absolute atomic E-state index is 0.850. The third-order valence-corrected chi connectivity index (χ3v) is 3.15. The molecule has 1 aliphatic carbocycles. The summed E-state index contributed by atoms with van der Waals surface area (Å²) in [7, 11) is 0. The summed E-state index contributed by atoms with van der Waals surface area (Å²) >= 11 is 0. The van der Waals surface area contributed by atoms with Gasteiger partial charge in [-0.1, -0.05) is 30.4 Å². The number of ether oxygens (including phenoxy) is 1. The first kappa shape index (κ1) is 11.3. The molecular formula is C15H20O. The first-order chi connectivity index (χ1) is 7.90. The Balaban J connectivity index is 1.57. The maximum Gasteiger partial charge on any atom is 0.119 e. The number of allylic oxidation sites excluding steroid dienone is 2. The van der Waals surface area contributed by atoms with Gasteiger partial charge < -0.3 is 4.74 Å². The van der Waals surface area contributed by atoms with Crippen molar-refractivity contribution in [3.05, 3.63) is 42.5 Å². The summed E-state index contributed by atoms with van der Waals surface area (Å²) in [6, 6.07) is 10.1. The Hall–Kier alpha value is -1.24. The Kier molecular flexibility index (Phi) is 4.03. The van der Waals surface area contributed by atoms with Gasteiger partial charge in [-0.15, -0.1) is 0 Å².